The Labute approximate surface area is 204 Å². The summed E-state index contributed by atoms with van der Waals surface area (Å²) in [6.07, 6.45) is 4.01. The van der Waals surface area contributed by atoms with E-state index in [2.05, 4.69) is 5.32 Å². The van der Waals surface area contributed by atoms with Crippen LogP contribution in [0.1, 0.15) is 57.4 Å². The number of carbonyl (C=O) groups is 4. The highest BCUT2D eigenvalue weighted by molar-refractivity contribution is 8.13. The summed E-state index contributed by atoms with van der Waals surface area (Å²) in [5.41, 5.74) is 0.835. The second kappa shape index (κ2) is 12.9. The van der Waals surface area contributed by atoms with Gasteiger partial charge in [-0.15, -0.1) is 0 Å². The van der Waals surface area contributed by atoms with Crippen LogP contribution < -0.4 is 5.32 Å². The van der Waals surface area contributed by atoms with Crippen LogP contribution in [-0.4, -0.2) is 63.4 Å². The molecule has 34 heavy (non-hydrogen) atoms. The Morgan fingerprint density at radius 2 is 1.82 bits per heavy atom. The van der Waals surface area contributed by atoms with Crippen LogP contribution in [0.25, 0.3) is 0 Å². The fourth-order valence-electron chi connectivity index (χ4n) is 4.45. The zero-order valence-corrected chi connectivity index (χ0v) is 20.4. The standard InChI is InChI=1S/C25H34N2O6S/c1-17(28)34-16-19-11-7-2-3-8-12-21(26-23(19)30)24(31)27-14-20(29)13-22(27)25(32)33-15-18-9-5-4-6-10-18/h4-6,9-10,19-22,29H,2-3,7-8,11-16H2,1H3,(H,26,30)/t19-,20?,21?,22-/m0/s1. The first kappa shape index (κ1) is 26.2. The van der Waals surface area contributed by atoms with Gasteiger partial charge in [0.25, 0.3) is 0 Å². The number of ether oxygens (including phenoxy) is 1. The van der Waals surface area contributed by atoms with E-state index in [1.807, 2.05) is 30.3 Å². The van der Waals surface area contributed by atoms with Crippen molar-refractivity contribution >= 4 is 34.7 Å². The van der Waals surface area contributed by atoms with Gasteiger partial charge in [-0.05, 0) is 18.4 Å². The second-order valence-corrected chi connectivity index (χ2v) is 10.2. The van der Waals surface area contributed by atoms with Gasteiger partial charge in [0.15, 0.2) is 5.12 Å². The molecule has 3 rings (SSSR count). The van der Waals surface area contributed by atoms with Gasteiger partial charge < -0.3 is 20.1 Å². The summed E-state index contributed by atoms with van der Waals surface area (Å²) in [5, 5.41) is 13.1. The van der Waals surface area contributed by atoms with Gasteiger partial charge in [-0.1, -0.05) is 67.8 Å². The van der Waals surface area contributed by atoms with Gasteiger partial charge in [0, 0.05) is 31.6 Å². The number of hydrogen-bond acceptors (Lipinski definition) is 7. The van der Waals surface area contributed by atoms with Crippen LogP contribution in [0.5, 0.6) is 0 Å². The predicted molar refractivity (Wildman–Crippen MR) is 129 cm³/mol. The van der Waals surface area contributed by atoms with Crippen LogP contribution in [0.15, 0.2) is 30.3 Å². The van der Waals surface area contributed by atoms with E-state index in [-0.39, 0.29) is 42.4 Å². The molecule has 2 N–H and O–H groups in total. The van der Waals surface area contributed by atoms with E-state index in [4.69, 9.17) is 4.74 Å². The van der Waals surface area contributed by atoms with E-state index in [1.54, 1.807) is 0 Å². The lowest BCUT2D eigenvalue weighted by atomic mass is 9.97. The maximum Gasteiger partial charge on any atom is 0.329 e. The van der Waals surface area contributed by atoms with Crippen LogP contribution in [0.2, 0.25) is 0 Å². The number of nitrogens with one attached hydrogen (secondary N) is 1. The molecule has 2 saturated heterocycles. The number of aliphatic hydroxyl groups excluding tert-OH is 1. The van der Waals surface area contributed by atoms with Gasteiger partial charge in [0.1, 0.15) is 18.7 Å². The van der Waals surface area contributed by atoms with Crippen LogP contribution >= 0.6 is 11.8 Å². The zero-order valence-electron chi connectivity index (χ0n) is 19.6. The minimum Gasteiger partial charge on any atom is -0.459 e. The third-order valence-electron chi connectivity index (χ3n) is 6.33. The average molecular weight is 491 g/mol. The highest BCUT2D eigenvalue weighted by Crippen LogP contribution is 2.24. The number of carbonyl (C=O) groups excluding carboxylic acids is 4. The number of hydrogen-bond donors (Lipinski definition) is 2. The SMILES string of the molecule is CC(=O)SC[C@@H]1CCCCCCC(C(=O)N2CC(O)C[C@H]2C(=O)OCc2ccccc2)NC1=O. The molecule has 2 unspecified atom stereocenters. The van der Waals surface area contributed by atoms with E-state index in [0.717, 1.165) is 43.0 Å². The summed E-state index contributed by atoms with van der Waals surface area (Å²) in [7, 11) is 0. The Balaban J connectivity index is 1.67. The first-order chi connectivity index (χ1) is 16.3. The Morgan fingerprint density at radius 1 is 1.12 bits per heavy atom. The van der Waals surface area contributed by atoms with Crippen molar-refractivity contribution in [2.75, 3.05) is 12.3 Å². The molecule has 0 saturated carbocycles. The first-order valence-corrected chi connectivity index (χ1v) is 13.0. The van der Waals surface area contributed by atoms with Gasteiger partial charge in [-0.25, -0.2) is 4.79 Å². The van der Waals surface area contributed by atoms with Crippen molar-refractivity contribution in [1.29, 1.82) is 0 Å². The second-order valence-electron chi connectivity index (χ2n) is 9.04. The minimum atomic E-state index is -0.886. The molecule has 2 fully saturated rings. The Morgan fingerprint density at radius 3 is 2.53 bits per heavy atom. The van der Waals surface area contributed by atoms with Gasteiger partial charge >= 0.3 is 5.97 Å². The number of esters is 1. The summed E-state index contributed by atoms with van der Waals surface area (Å²) in [6.45, 7) is 1.59. The van der Waals surface area contributed by atoms with Crippen LogP contribution in [0, 0.1) is 5.92 Å². The topological polar surface area (TPSA) is 113 Å². The number of rotatable bonds is 6. The maximum absolute atomic E-state index is 13.4. The summed E-state index contributed by atoms with van der Waals surface area (Å²) in [5.74, 6) is -1.13. The molecule has 2 aliphatic rings. The molecule has 9 heteroatoms. The van der Waals surface area contributed by atoms with Gasteiger partial charge in [-0.2, -0.15) is 0 Å². The minimum absolute atomic E-state index is 0.0277. The summed E-state index contributed by atoms with van der Waals surface area (Å²) < 4.78 is 5.44. The molecular formula is C25H34N2O6S. The van der Waals surface area contributed by atoms with E-state index >= 15 is 0 Å². The van der Waals surface area contributed by atoms with Crippen molar-refractivity contribution in [2.45, 2.75) is 76.7 Å². The molecule has 2 amide bonds. The zero-order chi connectivity index (χ0) is 24.5. The number of benzene rings is 1. The van der Waals surface area contributed by atoms with E-state index < -0.39 is 24.2 Å². The molecule has 8 nitrogen and oxygen atoms in total. The Kier molecular flexibility index (Phi) is 9.95. The number of thioether (sulfide) groups is 1. The molecule has 0 bridgehead atoms. The molecule has 186 valence electrons. The summed E-state index contributed by atoms with van der Waals surface area (Å²) in [4.78, 5) is 52.0. The highest BCUT2D eigenvalue weighted by Gasteiger charge is 2.42. The largest absolute Gasteiger partial charge is 0.459 e. The van der Waals surface area contributed by atoms with Gasteiger partial charge in [0.05, 0.1) is 6.10 Å². The van der Waals surface area contributed by atoms with Gasteiger partial charge in [0.2, 0.25) is 11.8 Å². The molecule has 0 aromatic heterocycles. The quantitative estimate of drug-likeness (QED) is 0.589. The van der Waals surface area contributed by atoms with Crippen molar-refractivity contribution in [1.82, 2.24) is 10.2 Å². The van der Waals surface area contributed by atoms with Crippen LogP contribution in [0.3, 0.4) is 0 Å². The lowest BCUT2D eigenvalue weighted by molar-refractivity contribution is -0.155. The Bertz CT molecular complexity index is 864. The molecular weight excluding hydrogens is 456 g/mol. The number of β-amino-alcohol motifs (C(OH)–C–C–N with tert-alkyl or cyclic N) is 1. The normalized spacial score (nSPS) is 25.9. The number of amides is 2. The third kappa shape index (κ3) is 7.56. The van der Waals surface area contributed by atoms with Crippen molar-refractivity contribution in [3.05, 3.63) is 35.9 Å². The van der Waals surface area contributed by atoms with Crippen molar-refractivity contribution in [2.24, 2.45) is 5.92 Å². The fraction of sp³-hybridized carbons (Fsp3) is 0.600. The smallest absolute Gasteiger partial charge is 0.329 e. The van der Waals surface area contributed by atoms with Crippen molar-refractivity contribution in [3.8, 4) is 0 Å². The molecule has 2 heterocycles. The molecule has 0 spiro atoms. The molecule has 0 radical (unpaired) electrons. The lowest BCUT2D eigenvalue weighted by Crippen LogP contribution is -2.53. The van der Waals surface area contributed by atoms with Crippen molar-refractivity contribution < 1.29 is 29.0 Å². The van der Waals surface area contributed by atoms with E-state index in [9.17, 15) is 24.3 Å². The molecule has 2 aliphatic heterocycles. The Hall–Kier alpha value is -2.39. The summed E-state index contributed by atoms with van der Waals surface area (Å²) in [6, 6.07) is 7.60. The fourth-order valence-corrected chi connectivity index (χ4v) is 5.21. The van der Waals surface area contributed by atoms with Crippen LogP contribution in [0.4, 0.5) is 0 Å². The predicted octanol–water partition coefficient (Wildman–Crippen LogP) is 2.43. The molecule has 1 aromatic rings. The molecule has 0 aliphatic carbocycles. The number of nitrogens with zero attached hydrogens (tertiary/aromatic N) is 1. The average Bonchev–Trinajstić information content (AvgIpc) is 3.22. The van der Waals surface area contributed by atoms with Crippen molar-refractivity contribution in [3.63, 3.8) is 0 Å². The lowest BCUT2D eigenvalue weighted by Gasteiger charge is -2.29. The number of likely N-dealkylation sites (tertiary alicyclic amines) is 1. The van der Waals surface area contributed by atoms with E-state index in [1.165, 1.54) is 11.8 Å². The van der Waals surface area contributed by atoms with Crippen LogP contribution in [-0.2, 0) is 30.5 Å². The molecule has 1 aromatic carbocycles. The number of aliphatic hydroxyl groups is 1. The first-order valence-electron chi connectivity index (χ1n) is 12.0. The molecule has 4 atom stereocenters. The monoisotopic (exact) mass is 490 g/mol. The highest BCUT2D eigenvalue weighted by atomic mass is 32.2. The third-order valence-corrected chi connectivity index (χ3v) is 7.30. The van der Waals surface area contributed by atoms with E-state index in [0.29, 0.717) is 18.6 Å². The van der Waals surface area contributed by atoms with Gasteiger partial charge in [-0.3, -0.25) is 14.4 Å². The maximum atomic E-state index is 13.4. The summed E-state index contributed by atoms with van der Waals surface area (Å²) >= 11 is 1.12.